The quantitative estimate of drug-likeness (QED) is 0.326. The maximum Gasteiger partial charge on any atom is 0.416 e. The molecule has 0 amide bonds. The molecule has 0 unspecified atom stereocenters. The van der Waals surface area contributed by atoms with Gasteiger partial charge in [-0.3, -0.25) is 0 Å². The summed E-state index contributed by atoms with van der Waals surface area (Å²) in [6.45, 7) is 0.461. The standard InChI is InChI=1S/C28H19F3O/c29-28(30,31)21-15-13-18(14-16-21)25-23-11-5-4-10-22(23)24-12-6-7-19-17-32-27(25,26(19)24)20-8-2-1-3-9-20/h1-16,25H,17H2/t25-,27-/m1/s1. The molecule has 0 spiro atoms. The van der Waals surface area contributed by atoms with E-state index >= 15 is 0 Å². The highest BCUT2D eigenvalue weighted by Crippen LogP contribution is 2.60. The van der Waals surface area contributed by atoms with Gasteiger partial charge in [0.05, 0.1) is 12.2 Å². The van der Waals surface area contributed by atoms with Crippen LogP contribution in [0.1, 0.15) is 39.3 Å². The zero-order valence-electron chi connectivity index (χ0n) is 17.1. The highest BCUT2D eigenvalue weighted by Gasteiger charge is 2.53. The molecule has 2 aliphatic rings. The summed E-state index contributed by atoms with van der Waals surface area (Å²) < 4.78 is 46.5. The van der Waals surface area contributed by atoms with Crippen LogP contribution in [0.3, 0.4) is 0 Å². The van der Waals surface area contributed by atoms with Crippen LogP contribution in [0.5, 0.6) is 0 Å². The van der Waals surface area contributed by atoms with E-state index in [1.54, 1.807) is 12.1 Å². The summed E-state index contributed by atoms with van der Waals surface area (Å²) >= 11 is 0. The molecule has 2 atom stereocenters. The first kappa shape index (κ1) is 19.3. The van der Waals surface area contributed by atoms with Crippen molar-refractivity contribution >= 4 is 0 Å². The van der Waals surface area contributed by atoms with Crippen LogP contribution in [0.25, 0.3) is 11.1 Å². The first-order valence-electron chi connectivity index (χ1n) is 10.6. The van der Waals surface area contributed by atoms with Gasteiger partial charge in [-0.2, -0.15) is 13.2 Å². The van der Waals surface area contributed by atoms with Crippen molar-refractivity contribution in [2.45, 2.75) is 24.3 Å². The molecule has 1 aliphatic carbocycles. The lowest BCUT2D eigenvalue weighted by molar-refractivity contribution is -0.137. The van der Waals surface area contributed by atoms with E-state index in [0.717, 1.165) is 38.9 Å². The SMILES string of the molecule is FC(F)(F)c1ccc([C@@H]2c3ccccc3-c3cccc4c3[C@]2(c2ccccc2)OC4)cc1. The molecule has 0 N–H and O–H groups in total. The number of benzene rings is 4. The van der Waals surface area contributed by atoms with Crippen molar-refractivity contribution in [3.63, 3.8) is 0 Å². The number of hydrogen-bond donors (Lipinski definition) is 0. The first-order chi connectivity index (χ1) is 15.5. The number of halogens is 3. The molecule has 158 valence electrons. The molecule has 0 saturated carbocycles. The summed E-state index contributed by atoms with van der Waals surface area (Å²) in [7, 11) is 0. The molecule has 4 aromatic carbocycles. The fourth-order valence-electron chi connectivity index (χ4n) is 5.45. The van der Waals surface area contributed by atoms with E-state index in [2.05, 4.69) is 36.4 Å². The summed E-state index contributed by atoms with van der Waals surface area (Å²) in [4.78, 5) is 0. The van der Waals surface area contributed by atoms with Gasteiger partial charge in [-0.1, -0.05) is 84.9 Å². The lowest BCUT2D eigenvalue weighted by atomic mass is 9.63. The van der Waals surface area contributed by atoms with Crippen molar-refractivity contribution in [3.8, 4) is 11.1 Å². The Morgan fingerprint density at radius 3 is 2.16 bits per heavy atom. The van der Waals surface area contributed by atoms with Crippen molar-refractivity contribution < 1.29 is 17.9 Å². The average molecular weight is 428 g/mol. The summed E-state index contributed by atoms with van der Waals surface area (Å²) in [6, 6.07) is 30.0. The van der Waals surface area contributed by atoms with Gasteiger partial charge in [-0.05, 0) is 45.5 Å². The van der Waals surface area contributed by atoms with Gasteiger partial charge in [0.15, 0.2) is 0 Å². The minimum atomic E-state index is -4.37. The number of hydrogen-bond acceptors (Lipinski definition) is 1. The fourth-order valence-corrected chi connectivity index (χ4v) is 5.45. The Morgan fingerprint density at radius 2 is 1.41 bits per heavy atom. The Morgan fingerprint density at radius 1 is 0.719 bits per heavy atom. The molecule has 1 aliphatic heterocycles. The third-order valence-electron chi connectivity index (χ3n) is 6.72. The molecule has 0 fully saturated rings. The maximum atomic E-state index is 13.3. The molecule has 0 saturated heterocycles. The second-order valence-corrected chi connectivity index (χ2v) is 8.37. The van der Waals surface area contributed by atoms with E-state index in [9.17, 15) is 13.2 Å². The molecular weight excluding hydrogens is 409 g/mol. The van der Waals surface area contributed by atoms with Crippen LogP contribution in [0, 0.1) is 0 Å². The fraction of sp³-hybridized carbons (Fsp3) is 0.143. The van der Waals surface area contributed by atoms with Crippen LogP contribution in [0.2, 0.25) is 0 Å². The predicted molar refractivity (Wildman–Crippen MR) is 117 cm³/mol. The van der Waals surface area contributed by atoms with Gasteiger partial charge in [0.25, 0.3) is 0 Å². The van der Waals surface area contributed by atoms with E-state index < -0.39 is 17.3 Å². The van der Waals surface area contributed by atoms with E-state index in [1.165, 1.54) is 12.1 Å². The minimum Gasteiger partial charge on any atom is -0.360 e. The molecule has 4 heteroatoms. The first-order valence-corrected chi connectivity index (χ1v) is 10.6. The highest BCUT2D eigenvalue weighted by molar-refractivity contribution is 5.80. The van der Waals surface area contributed by atoms with Crippen LogP contribution >= 0.6 is 0 Å². The van der Waals surface area contributed by atoms with Crippen LogP contribution in [-0.2, 0) is 23.1 Å². The van der Waals surface area contributed by atoms with Crippen LogP contribution in [-0.4, -0.2) is 0 Å². The zero-order chi connectivity index (χ0) is 21.9. The summed E-state index contributed by atoms with van der Waals surface area (Å²) in [5, 5.41) is 0. The van der Waals surface area contributed by atoms with Crippen molar-refractivity contribution in [2.75, 3.05) is 0 Å². The second-order valence-electron chi connectivity index (χ2n) is 8.37. The van der Waals surface area contributed by atoms with E-state index in [1.807, 2.05) is 36.4 Å². The van der Waals surface area contributed by atoms with Gasteiger partial charge in [-0.25, -0.2) is 0 Å². The number of ether oxygens (including phenoxy) is 1. The van der Waals surface area contributed by atoms with Crippen LogP contribution in [0.4, 0.5) is 13.2 Å². The molecule has 0 aromatic heterocycles. The summed E-state index contributed by atoms with van der Waals surface area (Å²) in [5.74, 6) is -0.278. The summed E-state index contributed by atoms with van der Waals surface area (Å²) in [6.07, 6.45) is -4.37. The van der Waals surface area contributed by atoms with E-state index in [0.29, 0.717) is 6.61 Å². The van der Waals surface area contributed by atoms with Crippen molar-refractivity contribution in [1.29, 1.82) is 0 Å². The Bertz CT molecular complexity index is 1310. The molecule has 1 nitrogen and oxygen atoms in total. The van der Waals surface area contributed by atoms with E-state index in [-0.39, 0.29) is 5.92 Å². The average Bonchev–Trinajstić information content (AvgIpc) is 3.21. The smallest absolute Gasteiger partial charge is 0.360 e. The van der Waals surface area contributed by atoms with Gasteiger partial charge in [0, 0.05) is 11.5 Å². The zero-order valence-corrected chi connectivity index (χ0v) is 17.1. The Labute approximate surface area is 184 Å². The van der Waals surface area contributed by atoms with Crippen molar-refractivity contribution in [3.05, 3.63) is 130 Å². The van der Waals surface area contributed by atoms with Gasteiger partial charge >= 0.3 is 6.18 Å². The summed E-state index contributed by atoms with van der Waals surface area (Å²) in [5.41, 5.74) is 5.89. The lowest BCUT2D eigenvalue weighted by Gasteiger charge is -2.44. The molecule has 0 bridgehead atoms. The van der Waals surface area contributed by atoms with E-state index in [4.69, 9.17) is 4.74 Å². The third kappa shape index (κ3) is 2.63. The highest BCUT2D eigenvalue weighted by atomic mass is 19.4. The predicted octanol–water partition coefficient (Wildman–Crippen LogP) is 7.29. The Hall–Kier alpha value is -3.37. The van der Waals surface area contributed by atoms with Gasteiger partial charge in [0.2, 0.25) is 0 Å². The number of alkyl halides is 3. The Balaban J connectivity index is 1.67. The monoisotopic (exact) mass is 428 g/mol. The lowest BCUT2D eigenvalue weighted by Crippen LogP contribution is -2.38. The molecule has 0 radical (unpaired) electrons. The van der Waals surface area contributed by atoms with Crippen LogP contribution in [0.15, 0.2) is 97.1 Å². The molecule has 6 rings (SSSR count). The van der Waals surface area contributed by atoms with Gasteiger partial charge in [-0.15, -0.1) is 0 Å². The molecule has 32 heavy (non-hydrogen) atoms. The second kappa shape index (κ2) is 6.81. The molecular formula is C28H19F3O. The van der Waals surface area contributed by atoms with Crippen LogP contribution < -0.4 is 0 Å². The van der Waals surface area contributed by atoms with Gasteiger partial charge < -0.3 is 4.74 Å². The molecule has 4 aromatic rings. The third-order valence-corrected chi connectivity index (χ3v) is 6.72. The normalized spacial score (nSPS) is 21.2. The topological polar surface area (TPSA) is 9.23 Å². The molecule has 1 heterocycles. The minimum absolute atomic E-state index is 0.278. The van der Waals surface area contributed by atoms with Crippen molar-refractivity contribution in [1.82, 2.24) is 0 Å². The largest absolute Gasteiger partial charge is 0.416 e. The number of fused-ring (bicyclic) bond motifs is 2. The van der Waals surface area contributed by atoms with Gasteiger partial charge in [0.1, 0.15) is 5.60 Å². The maximum absolute atomic E-state index is 13.3. The van der Waals surface area contributed by atoms with Crippen molar-refractivity contribution in [2.24, 2.45) is 0 Å². The Kier molecular flexibility index (Phi) is 4.11. The number of rotatable bonds is 2.